The van der Waals surface area contributed by atoms with Gasteiger partial charge in [-0.25, -0.2) is 0 Å². The summed E-state index contributed by atoms with van der Waals surface area (Å²) in [5.74, 6) is 1.66. The SMILES string of the molecule is CCOc1ccc2cc(-c3ccc(-c4ccc(-c5ccccn5)nc4)cc3)ccc2c1-c1c(OCC)ccc2cc(-c3ccc(-c4ccc(-c5ccccn5)nc4)cc3)ccc12. The smallest absolute Gasteiger partial charge is 0.127 e. The lowest BCUT2D eigenvalue weighted by Crippen LogP contribution is -1.99. The van der Waals surface area contributed by atoms with E-state index in [0.717, 1.165) is 111 Å². The van der Waals surface area contributed by atoms with Crippen LogP contribution < -0.4 is 9.47 Å². The molecule has 0 atom stereocenters. The first-order valence-electron chi connectivity index (χ1n) is 21.0. The van der Waals surface area contributed by atoms with Gasteiger partial charge in [-0.2, -0.15) is 0 Å². The van der Waals surface area contributed by atoms with E-state index < -0.39 is 0 Å². The van der Waals surface area contributed by atoms with E-state index in [4.69, 9.17) is 9.47 Å². The zero-order valence-electron chi connectivity index (χ0n) is 34.5. The van der Waals surface area contributed by atoms with Crippen LogP contribution in [0.4, 0.5) is 0 Å². The minimum Gasteiger partial charge on any atom is -0.493 e. The summed E-state index contributed by atoms with van der Waals surface area (Å²) in [6.45, 7) is 5.15. The fourth-order valence-corrected chi connectivity index (χ4v) is 8.22. The molecule has 4 heterocycles. The molecule has 4 aromatic heterocycles. The van der Waals surface area contributed by atoms with E-state index in [-0.39, 0.29) is 0 Å². The van der Waals surface area contributed by atoms with Gasteiger partial charge in [0.05, 0.1) is 36.0 Å². The Balaban J connectivity index is 0.970. The minimum atomic E-state index is 0.545. The van der Waals surface area contributed by atoms with Gasteiger partial charge in [0.2, 0.25) is 0 Å². The highest BCUT2D eigenvalue weighted by atomic mass is 16.5. The fraction of sp³-hybridized carbons (Fsp3) is 0.0714. The van der Waals surface area contributed by atoms with E-state index in [0.29, 0.717) is 13.2 Å². The predicted molar refractivity (Wildman–Crippen MR) is 253 cm³/mol. The largest absolute Gasteiger partial charge is 0.493 e. The molecule has 0 aliphatic heterocycles. The molecule has 0 N–H and O–H groups in total. The molecule has 0 radical (unpaired) electrons. The van der Waals surface area contributed by atoms with Crippen molar-refractivity contribution in [3.63, 3.8) is 0 Å². The van der Waals surface area contributed by atoms with Gasteiger partial charge in [-0.1, -0.05) is 109 Å². The van der Waals surface area contributed by atoms with Crippen LogP contribution in [0, 0.1) is 0 Å². The van der Waals surface area contributed by atoms with Crippen LogP contribution >= 0.6 is 0 Å². The number of nitrogens with zero attached hydrogens (tertiary/aromatic N) is 4. The van der Waals surface area contributed by atoms with Crippen LogP contribution in [0.3, 0.4) is 0 Å². The summed E-state index contributed by atoms with van der Waals surface area (Å²) in [6.07, 6.45) is 7.41. The molecule has 10 rings (SSSR count). The Morgan fingerprint density at radius 2 is 0.710 bits per heavy atom. The zero-order chi connectivity index (χ0) is 41.8. The lowest BCUT2D eigenvalue weighted by Gasteiger charge is -2.20. The van der Waals surface area contributed by atoms with Gasteiger partial charge in [0, 0.05) is 47.0 Å². The van der Waals surface area contributed by atoms with E-state index in [1.807, 2.05) is 74.8 Å². The van der Waals surface area contributed by atoms with E-state index in [9.17, 15) is 0 Å². The lowest BCUT2D eigenvalue weighted by atomic mass is 9.89. The van der Waals surface area contributed by atoms with Gasteiger partial charge in [-0.3, -0.25) is 19.9 Å². The number of aromatic nitrogens is 4. The van der Waals surface area contributed by atoms with Crippen LogP contribution in [0.15, 0.2) is 195 Å². The van der Waals surface area contributed by atoms with Crippen molar-refractivity contribution in [3.8, 4) is 89.9 Å². The van der Waals surface area contributed by atoms with Crippen molar-refractivity contribution in [2.24, 2.45) is 0 Å². The Kier molecular flexibility index (Phi) is 10.5. The first-order chi connectivity index (χ1) is 30.6. The second-order valence-corrected chi connectivity index (χ2v) is 15.1. The van der Waals surface area contributed by atoms with Crippen molar-refractivity contribution in [1.29, 1.82) is 0 Å². The van der Waals surface area contributed by atoms with Crippen LogP contribution in [0.5, 0.6) is 11.5 Å². The first kappa shape index (κ1) is 38.3. The van der Waals surface area contributed by atoms with Crippen molar-refractivity contribution in [2.45, 2.75) is 13.8 Å². The van der Waals surface area contributed by atoms with Gasteiger partial charge >= 0.3 is 0 Å². The Morgan fingerprint density at radius 1 is 0.339 bits per heavy atom. The highest BCUT2D eigenvalue weighted by Gasteiger charge is 2.20. The predicted octanol–water partition coefficient (Wildman–Crippen LogP) is 14.0. The van der Waals surface area contributed by atoms with Crippen LogP contribution in [-0.4, -0.2) is 33.1 Å². The molecule has 6 nitrogen and oxygen atoms in total. The molecule has 0 amide bonds. The molecule has 0 unspecified atom stereocenters. The van der Waals surface area contributed by atoms with Crippen LogP contribution in [-0.2, 0) is 0 Å². The number of rotatable bonds is 11. The average molecular weight is 803 g/mol. The molecule has 0 fully saturated rings. The summed E-state index contributed by atoms with van der Waals surface area (Å²) >= 11 is 0. The minimum absolute atomic E-state index is 0.545. The fourth-order valence-electron chi connectivity index (χ4n) is 8.22. The molecule has 0 saturated carbocycles. The molecule has 6 aromatic carbocycles. The summed E-state index contributed by atoms with van der Waals surface area (Å²) in [7, 11) is 0. The summed E-state index contributed by atoms with van der Waals surface area (Å²) in [5.41, 5.74) is 14.4. The van der Waals surface area contributed by atoms with Crippen LogP contribution in [0.2, 0.25) is 0 Å². The van der Waals surface area contributed by atoms with E-state index in [1.54, 1.807) is 12.4 Å². The van der Waals surface area contributed by atoms with E-state index in [1.165, 1.54) is 0 Å². The molecule has 0 bridgehead atoms. The Labute approximate surface area is 361 Å². The maximum absolute atomic E-state index is 6.38. The second-order valence-electron chi connectivity index (χ2n) is 15.1. The third kappa shape index (κ3) is 7.55. The Hall–Kier alpha value is -7.96. The molecule has 10 aromatic rings. The Morgan fingerprint density at radius 3 is 1.06 bits per heavy atom. The normalized spacial score (nSPS) is 11.2. The quantitative estimate of drug-likeness (QED) is 0.130. The highest BCUT2D eigenvalue weighted by Crippen LogP contribution is 2.47. The summed E-state index contributed by atoms with van der Waals surface area (Å²) in [4.78, 5) is 18.2. The van der Waals surface area contributed by atoms with Crippen molar-refractivity contribution < 1.29 is 9.47 Å². The molecule has 6 heteroatoms. The highest BCUT2D eigenvalue weighted by molar-refractivity contribution is 6.11. The maximum atomic E-state index is 6.38. The lowest BCUT2D eigenvalue weighted by molar-refractivity contribution is 0.337. The third-order valence-corrected chi connectivity index (χ3v) is 11.3. The summed E-state index contributed by atoms with van der Waals surface area (Å²) < 4.78 is 12.8. The van der Waals surface area contributed by atoms with E-state index in [2.05, 4.69) is 141 Å². The zero-order valence-corrected chi connectivity index (χ0v) is 34.5. The number of hydrogen-bond acceptors (Lipinski definition) is 6. The molecular weight excluding hydrogens is 761 g/mol. The molecule has 0 aliphatic carbocycles. The standard InChI is InChI=1S/C56H42N4O2/c1-3-61-53-29-23-43-33-41(37-11-15-39(16-12-37)45-21-27-51(59-35-45)49-9-5-7-31-57-49)19-25-47(43)55(53)56-48-26-20-42(34-44(48)24-30-54(56)62-4-2)38-13-17-40(18-14-38)46-22-28-52(60-36-46)50-10-6-8-32-58-50/h5-36H,3-4H2,1-2H3. The third-order valence-electron chi connectivity index (χ3n) is 11.3. The second kappa shape index (κ2) is 17.0. The number of pyridine rings is 4. The van der Waals surface area contributed by atoms with Crippen molar-refractivity contribution in [2.75, 3.05) is 13.2 Å². The van der Waals surface area contributed by atoms with Crippen molar-refractivity contribution in [3.05, 3.63) is 195 Å². The molecular formula is C56H42N4O2. The summed E-state index contributed by atoms with van der Waals surface area (Å²) in [6, 6.07) is 59.3. The monoisotopic (exact) mass is 802 g/mol. The van der Waals surface area contributed by atoms with Gasteiger partial charge in [-0.15, -0.1) is 0 Å². The Bertz CT molecular complexity index is 2940. The number of fused-ring (bicyclic) bond motifs is 2. The number of ether oxygens (including phenoxy) is 2. The first-order valence-corrected chi connectivity index (χ1v) is 21.0. The van der Waals surface area contributed by atoms with Crippen molar-refractivity contribution in [1.82, 2.24) is 19.9 Å². The molecule has 0 saturated heterocycles. The van der Waals surface area contributed by atoms with Gasteiger partial charge < -0.3 is 9.47 Å². The van der Waals surface area contributed by atoms with Gasteiger partial charge in [0.15, 0.2) is 0 Å². The van der Waals surface area contributed by atoms with Gasteiger partial charge in [0.25, 0.3) is 0 Å². The molecule has 0 spiro atoms. The molecule has 62 heavy (non-hydrogen) atoms. The molecule has 298 valence electrons. The number of hydrogen-bond donors (Lipinski definition) is 0. The van der Waals surface area contributed by atoms with Crippen molar-refractivity contribution >= 4 is 21.5 Å². The van der Waals surface area contributed by atoms with Gasteiger partial charge in [0.1, 0.15) is 11.5 Å². The van der Waals surface area contributed by atoms with E-state index >= 15 is 0 Å². The summed E-state index contributed by atoms with van der Waals surface area (Å²) in [5, 5.41) is 4.45. The number of benzene rings is 6. The van der Waals surface area contributed by atoms with Crippen LogP contribution in [0.1, 0.15) is 13.8 Å². The average Bonchev–Trinajstić information content (AvgIpc) is 3.35. The topological polar surface area (TPSA) is 70.0 Å². The van der Waals surface area contributed by atoms with Gasteiger partial charge in [-0.05, 0) is 129 Å². The maximum Gasteiger partial charge on any atom is 0.127 e. The molecule has 0 aliphatic rings. The van der Waals surface area contributed by atoms with Crippen LogP contribution in [0.25, 0.3) is 100.0 Å².